The third kappa shape index (κ3) is 3.77. The number of ether oxygens (including phenoxy) is 1. The Morgan fingerprint density at radius 1 is 1.19 bits per heavy atom. The zero-order chi connectivity index (χ0) is 19.6. The van der Waals surface area contributed by atoms with Gasteiger partial charge in [-0.05, 0) is 49.4 Å². The van der Waals surface area contributed by atoms with Gasteiger partial charge in [0.05, 0.1) is 11.5 Å². The summed E-state index contributed by atoms with van der Waals surface area (Å²) in [6, 6.07) is 10.3. The van der Waals surface area contributed by atoms with Crippen molar-refractivity contribution in [1.82, 2.24) is 4.98 Å². The average Bonchev–Trinajstić information content (AvgIpc) is 2.63. The normalized spacial score (nSPS) is 11.3. The van der Waals surface area contributed by atoms with Crippen LogP contribution in [0, 0.1) is 0 Å². The maximum Gasteiger partial charge on any atom is 0.341 e. The van der Waals surface area contributed by atoms with E-state index in [0.29, 0.717) is 23.6 Å². The fourth-order valence-electron chi connectivity index (χ4n) is 2.52. The molecule has 0 aliphatic rings. The van der Waals surface area contributed by atoms with Gasteiger partial charge in [-0.15, -0.1) is 0 Å². The Hall–Kier alpha value is -3.33. The standard InChI is InChI=1S/C18H16N2O6S/c1-2-26-12-5-3-11(4-6-12)20-27(24,25)13-7-8-16-14(9-13)17(21)15(10-19-16)18(22)23/h3-10,20H,2H2,1H3,(H,19,21)(H,22,23). The van der Waals surface area contributed by atoms with Crippen molar-refractivity contribution in [2.75, 3.05) is 11.3 Å². The summed E-state index contributed by atoms with van der Waals surface area (Å²) in [4.78, 5) is 25.9. The first-order valence-corrected chi connectivity index (χ1v) is 9.44. The summed E-state index contributed by atoms with van der Waals surface area (Å²) in [5.74, 6) is -0.780. The molecule has 0 aliphatic carbocycles. The molecular formula is C18H16N2O6S. The summed E-state index contributed by atoms with van der Waals surface area (Å²) >= 11 is 0. The zero-order valence-electron chi connectivity index (χ0n) is 14.2. The molecule has 8 nitrogen and oxygen atoms in total. The van der Waals surface area contributed by atoms with Crippen LogP contribution in [-0.4, -0.2) is 31.1 Å². The molecular weight excluding hydrogens is 372 g/mol. The molecule has 0 atom stereocenters. The van der Waals surface area contributed by atoms with Crippen LogP contribution in [0.4, 0.5) is 5.69 Å². The van der Waals surface area contributed by atoms with Crippen molar-refractivity contribution < 1.29 is 23.1 Å². The molecule has 2 aromatic carbocycles. The molecule has 0 bridgehead atoms. The number of carbonyl (C=O) groups is 1. The number of sulfonamides is 1. The van der Waals surface area contributed by atoms with Crippen LogP contribution < -0.4 is 14.9 Å². The highest BCUT2D eigenvalue weighted by atomic mass is 32.2. The van der Waals surface area contributed by atoms with E-state index in [1.54, 1.807) is 24.3 Å². The van der Waals surface area contributed by atoms with Crippen molar-refractivity contribution in [2.24, 2.45) is 0 Å². The first kappa shape index (κ1) is 18.5. The van der Waals surface area contributed by atoms with Crippen molar-refractivity contribution in [2.45, 2.75) is 11.8 Å². The van der Waals surface area contributed by atoms with Gasteiger partial charge < -0.3 is 14.8 Å². The maximum absolute atomic E-state index is 12.6. The van der Waals surface area contributed by atoms with Gasteiger partial charge in [-0.25, -0.2) is 13.2 Å². The summed E-state index contributed by atoms with van der Waals surface area (Å²) < 4.78 is 32.9. The lowest BCUT2D eigenvalue weighted by atomic mass is 10.1. The number of hydrogen-bond acceptors (Lipinski definition) is 5. The van der Waals surface area contributed by atoms with Gasteiger partial charge in [0.25, 0.3) is 10.0 Å². The first-order valence-electron chi connectivity index (χ1n) is 7.96. The first-order chi connectivity index (χ1) is 12.8. The van der Waals surface area contributed by atoms with Crippen LogP contribution in [0.2, 0.25) is 0 Å². The summed E-state index contributed by atoms with van der Waals surface area (Å²) in [6.45, 7) is 2.34. The SMILES string of the molecule is CCOc1ccc(NS(=O)(=O)c2ccc3[nH]cc(C(=O)O)c(=O)c3c2)cc1. The smallest absolute Gasteiger partial charge is 0.341 e. The van der Waals surface area contributed by atoms with Crippen LogP contribution >= 0.6 is 0 Å². The largest absolute Gasteiger partial charge is 0.494 e. The predicted molar refractivity (Wildman–Crippen MR) is 99.9 cm³/mol. The molecule has 1 aromatic heterocycles. The van der Waals surface area contributed by atoms with Crippen LogP contribution in [0.3, 0.4) is 0 Å². The Morgan fingerprint density at radius 3 is 2.52 bits per heavy atom. The molecule has 9 heteroatoms. The molecule has 0 fully saturated rings. The second kappa shape index (κ2) is 7.12. The van der Waals surface area contributed by atoms with Gasteiger partial charge in [0.15, 0.2) is 0 Å². The van der Waals surface area contributed by atoms with E-state index in [2.05, 4.69) is 9.71 Å². The summed E-state index contributed by atoms with van der Waals surface area (Å²) in [5.41, 5.74) is -0.553. The van der Waals surface area contributed by atoms with Gasteiger partial charge >= 0.3 is 5.97 Å². The van der Waals surface area contributed by atoms with E-state index in [1.165, 1.54) is 12.1 Å². The third-order valence-corrected chi connectivity index (χ3v) is 5.19. The summed E-state index contributed by atoms with van der Waals surface area (Å²) in [7, 11) is -3.97. The minimum Gasteiger partial charge on any atom is -0.494 e. The molecule has 0 radical (unpaired) electrons. The van der Waals surface area contributed by atoms with Crippen LogP contribution in [-0.2, 0) is 10.0 Å². The van der Waals surface area contributed by atoms with Crippen molar-refractivity contribution in [1.29, 1.82) is 0 Å². The molecule has 3 aromatic rings. The molecule has 0 unspecified atom stereocenters. The Labute approximate surface area is 154 Å². The molecule has 0 aliphatic heterocycles. The Morgan fingerprint density at radius 2 is 1.89 bits per heavy atom. The Bertz CT molecular complexity index is 1170. The van der Waals surface area contributed by atoms with Crippen molar-refractivity contribution in [3.63, 3.8) is 0 Å². The second-order valence-corrected chi connectivity index (χ2v) is 7.29. The lowest BCUT2D eigenvalue weighted by Gasteiger charge is -2.10. The number of anilines is 1. The van der Waals surface area contributed by atoms with Crippen molar-refractivity contribution >= 4 is 32.6 Å². The second-order valence-electron chi connectivity index (χ2n) is 5.61. The number of carboxylic acids is 1. The number of aromatic carboxylic acids is 1. The van der Waals surface area contributed by atoms with E-state index in [9.17, 15) is 18.0 Å². The van der Waals surface area contributed by atoms with Gasteiger partial charge in [0, 0.05) is 22.8 Å². The van der Waals surface area contributed by atoms with Gasteiger partial charge in [0.2, 0.25) is 5.43 Å². The lowest BCUT2D eigenvalue weighted by Crippen LogP contribution is -2.17. The fraction of sp³-hybridized carbons (Fsp3) is 0.111. The molecule has 3 rings (SSSR count). The monoisotopic (exact) mass is 388 g/mol. The number of H-pyrrole nitrogens is 1. The molecule has 140 valence electrons. The molecule has 27 heavy (non-hydrogen) atoms. The molecule has 1 heterocycles. The van der Waals surface area contributed by atoms with Crippen molar-refractivity contribution in [3.05, 3.63) is 64.4 Å². The molecule has 0 spiro atoms. The van der Waals surface area contributed by atoms with Crippen LogP contribution in [0.25, 0.3) is 10.9 Å². The minimum absolute atomic E-state index is 0.0236. The number of pyridine rings is 1. The number of aromatic amines is 1. The molecule has 0 saturated carbocycles. The van der Waals surface area contributed by atoms with E-state index in [4.69, 9.17) is 9.84 Å². The lowest BCUT2D eigenvalue weighted by molar-refractivity contribution is 0.0695. The predicted octanol–water partition coefficient (Wildman–Crippen LogP) is 2.43. The number of benzene rings is 2. The third-order valence-electron chi connectivity index (χ3n) is 3.81. The van der Waals surface area contributed by atoms with Crippen LogP contribution in [0.15, 0.2) is 58.4 Å². The van der Waals surface area contributed by atoms with E-state index < -0.39 is 27.0 Å². The number of hydrogen-bond donors (Lipinski definition) is 3. The topological polar surface area (TPSA) is 126 Å². The number of nitrogens with one attached hydrogen (secondary N) is 2. The zero-order valence-corrected chi connectivity index (χ0v) is 15.0. The van der Waals surface area contributed by atoms with Crippen LogP contribution in [0.5, 0.6) is 5.75 Å². The van der Waals surface area contributed by atoms with E-state index in [1.807, 2.05) is 6.92 Å². The summed E-state index contributed by atoms with van der Waals surface area (Å²) in [5, 5.41) is 9.03. The molecule has 0 amide bonds. The highest BCUT2D eigenvalue weighted by Crippen LogP contribution is 2.21. The van der Waals surface area contributed by atoms with Gasteiger partial charge in [0.1, 0.15) is 11.3 Å². The highest BCUT2D eigenvalue weighted by Gasteiger charge is 2.18. The van der Waals surface area contributed by atoms with Crippen LogP contribution in [0.1, 0.15) is 17.3 Å². The van der Waals surface area contributed by atoms with E-state index in [0.717, 1.165) is 12.3 Å². The van der Waals surface area contributed by atoms with Gasteiger partial charge in [-0.1, -0.05) is 0 Å². The number of aromatic nitrogens is 1. The van der Waals surface area contributed by atoms with Gasteiger partial charge in [-0.3, -0.25) is 9.52 Å². The van der Waals surface area contributed by atoms with E-state index >= 15 is 0 Å². The summed E-state index contributed by atoms with van der Waals surface area (Å²) in [6.07, 6.45) is 1.08. The van der Waals surface area contributed by atoms with Crippen molar-refractivity contribution in [3.8, 4) is 5.75 Å². The molecule has 3 N–H and O–H groups in total. The number of carboxylic acid groups (broad SMARTS) is 1. The molecule has 0 saturated heterocycles. The fourth-order valence-corrected chi connectivity index (χ4v) is 3.61. The van der Waals surface area contributed by atoms with Gasteiger partial charge in [-0.2, -0.15) is 0 Å². The average molecular weight is 388 g/mol. The Balaban J connectivity index is 1.98. The highest BCUT2D eigenvalue weighted by molar-refractivity contribution is 7.92. The quantitative estimate of drug-likeness (QED) is 0.595. The number of fused-ring (bicyclic) bond motifs is 1. The maximum atomic E-state index is 12.6. The minimum atomic E-state index is -3.97. The van der Waals surface area contributed by atoms with E-state index in [-0.39, 0.29) is 10.3 Å². The Kier molecular flexibility index (Phi) is 4.87. The number of rotatable bonds is 6.